The normalized spacial score (nSPS) is 12.2. The van der Waals surface area contributed by atoms with E-state index in [0.29, 0.717) is 5.84 Å². The average molecular weight is 343 g/mol. The number of aromatic nitrogens is 1. The highest BCUT2D eigenvalue weighted by molar-refractivity contribution is 7.99. The first-order valence-electron chi connectivity index (χ1n) is 7.66. The van der Waals surface area contributed by atoms with Crippen LogP contribution in [0.5, 0.6) is 0 Å². The number of carboxylic acid groups (broad SMARTS) is 1. The minimum absolute atomic E-state index is 0.0381. The van der Waals surface area contributed by atoms with Crippen LogP contribution >= 0.6 is 11.8 Å². The Morgan fingerprint density at radius 3 is 2.21 bits per heavy atom. The fraction of sp³-hybridized carbons (Fsp3) is 0.278. The molecule has 2 aromatic rings. The van der Waals surface area contributed by atoms with E-state index in [-0.39, 0.29) is 11.4 Å². The van der Waals surface area contributed by atoms with Gasteiger partial charge >= 0.3 is 5.97 Å². The van der Waals surface area contributed by atoms with Crippen molar-refractivity contribution in [1.29, 1.82) is 10.8 Å². The van der Waals surface area contributed by atoms with Gasteiger partial charge in [0.2, 0.25) is 0 Å². The summed E-state index contributed by atoms with van der Waals surface area (Å²) in [6, 6.07) is 11.0. The summed E-state index contributed by atoms with van der Waals surface area (Å²) in [7, 11) is 0. The van der Waals surface area contributed by atoms with E-state index in [1.165, 1.54) is 11.8 Å². The molecule has 24 heavy (non-hydrogen) atoms. The van der Waals surface area contributed by atoms with Crippen molar-refractivity contribution in [1.82, 2.24) is 4.57 Å². The number of rotatable bonds is 5. The molecule has 1 aromatic carbocycles. The third kappa shape index (κ3) is 4.14. The van der Waals surface area contributed by atoms with Crippen LogP contribution in [0.1, 0.15) is 32.3 Å². The molecular formula is C18H21N3O2S. The minimum atomic E-state index is -0.838. The molecule has 0 radical (unpaired) electrons. The molecule has 3 N–H and O–H groups in total. The highest BCUT2D eigenvalue weighted by Crippen LogP contribution is 2.28. The summed E-state index contributed by atoms with van der Waals surface area (Å²) in [6.45, 7) is 5.52. The lowest BCUT2D eigenvalue weighted by atomic mass is 10.0. The summed E-state index contributed by atoms with van der Waals surface area (Å²) in [6.07, 6.45) is 1.79. The van der Waals surface area contributed by atoms with Crippen LogP contribution in [0.15, 0.2) is 52.4 Å². The van der Waals surface area contributed by atoms with Gasteiger partial charge in [-0.2, -0.15) is 0 Å². The molecule has 0 bridgehead atoms. The van der Waals surface area contributed by atoms with Gasteiger partial charge in [0, 0.05) is 21.9 Å². The molecule has 1 aromatic heterocycles. The van der Waals surface area contributed by atoms with Gasteiger partial charge in [0.05, 0.1) is 5.92 Å². The number of nitrogens with zero attached hydrogens (tertiary/aromatic N) is 1. The number of benzene rings is 1. The molecule has 0 saturated carbocycles. The number of pyridine rings is 1. The van der Waals surface area contributed by atoms with Gasteiger partial charge in [-0.1, -0.05) is 37.7 Å². The molecule has 5 nitrogen and oxygen atoms in total. The van der Waals surface area contributed by atoms with Gasteiger partial charge in [0.1, 0.15) is 11.3 Å². The van der Waals surface area contributed by atoms with Gasteiger partial charge in [-0.3, -0.25) is 20.2 Å². The van der Waals surface area contributed by atoms with Crippen molar-refractivity contribution in [3.63, 3.8) is 0 Å². The fourth-order valence-corrected chi connectivity index (χ4v) is 2.96. The van der Waals surface area contributed by atoms with Crippen molar-refractivity contribution in [2.45, 2.75) is 36.5 Å². The fourth-order valence-electron chi connectivity index (χ4n) is 2.12. The zero-order valence-electron chi connectivity index (χ0n) is 13.9. The Kier molecular flexibility index (Phi) is 5.62. The lowest BCUT2D eigenvalue weighted by Crippen LogP contribution is -2.28. The lowest BCUT2D eigenvalue weighted by Gasteiger charge is -2.13. The Balaban J connectivity index is 2.22. The molecule has 1 unspecified atom stereocenters. The molecule has 1 atom stereocenters. The number of hydrogen-bond donors (Lipinski definition) is 3. The van der Waals surface area contributed by atoms with Crippen molar-refractivity contribution in [3.8, 4) is 0 Å². The molecule has 2 rings (SSSR count). The maximum atomic E-state index is 11.0. The third-order valence-electron chi connectivity index (χ3n) is 3.71. The highest BCUT2D eigenvalue weighted by atomic mass is 32.2. The second kappa shape index (κ2) is 7.49. The number of hydrogen-bond acceptors (Lipinski definition) is 4. The van der Waals surface area contributed by atoms with Crippen LogP contribution in [0.4, 0.5) is 0 Å². The molecule has 0 amide bonds. The van der Waals surface area contributed by atoms with Gasteiger partial charge in [-0.15, -0.1) is 0 Å². The number of carbonyl (C=O) groups is 1. The van der Waals surface area contributed by atoms with Crippen LogP contribution < -0.4 is 5.49 Å². The quantitative estimate of drug-likeness (QED) is 0.570. The summed E-state index contributed by atoms with van der Waals surface area (Å²) in [5, 5.41) is 25.1. The lowest BCUT2D eigenvalue weighted by molar-refractivity contribution is -0.138. The van der Waals surface area contributed by atoms with Crippen molar-refractivity contribution in [2.75, 3.05) is 0 Å². The van der Waals surface area contributed by atoms with E-state index in [0.717, 1.165) is 15.4 Å². The maximum absolute atomic E-state index is 11.0. The van der Waals surface area contributed by atoms with Crippen LogP contribution in [0.2, 0.25) is 0 Å². The second-order valence-corrected chi connectivity index (χ2v) is 7.04. The summed E-state index contributed by atoms with van der Waals surface area (Å²) >= 11 is 1.52. The predicted molar refractivity (Wildman–Crippen MR) is 94.9 cm³/mol. The van der Waals surface area contributed by atoms with Crippen LogP contribution in [-0.2, 0) is 4.79 Å². The number of nitrogens with one attached hydrogen (secondary N) is 2. The van der Waals surface area contributed by atoms with Crippen molar-refractivity contribution < 1.29 is 9.90 Å². The average Bonchev–Trinajstić information content (AvgIpc) is 2.55. The van der Waals surface area contributed by atoms with Gasteiger partial charge < -0.3 is 5.11 Å². The van der Waals surface area contributed by atoms with E-state index < -0.39 is 11.9 Å². The highest BCUT2D eigenvalue weighted by Gasteiger charge is 2.13. The molecule has 0 spiro atoms. The van der Waals surface area contributed by atoms with Crippen LogP contribution in [0, 0.1) is 16.7 Å². The van der Waals surface area contributed by atoms with Crippen molar-refractivity contribution in [3.05, 3.63) is 53.6 Å². The Morgan fingerprint density at radius 1 is 1.08 bits per heavy atom. The number of aliphatic carboxylic acids is 1. The summed E-state index contributed by atoms with van der Waals surface area (Å²) < 4.78 is 1.58. The maximum Gasteiger partial charge on any atom is 0.310 e. The predicted octanol–water partition coefficient (Wildman–Crippen LogP) is 3.79. The smallest absolute Gasteiger partial charge is 0.310 e. The summed E-state index contributed by atoms with van der Waals surface area (Å²) in [5.41, 5.74) is 1.05. The van der Waals surface area contributed by atoms with Crippen LogP contribution in [0.3, 0.4) is 0 Å². The number of carboxylic acids is 1. The van der Waals surface area contributed by atoms with E-state index in [1.807, 2.05) is 44.2 Å². The van der Waals surface area contributed by atoms with Crippen molar-refractivity contribution in [2.24, 2.45) is 5.92 Å². The first kappa shape index (κ1) is 18.0. The summed E-state index contributed by atoms with van der Waals surface area (Å²) in [4.78, 5) is 12.9. The molecule has 0 aliphatic carbocycles. The standard InChI is InChI=1S/C18H21N3O2S/c1-11(2)17(20)21-10-15(8-9-16(21)19)24-14-6-4-13(5-7-14)12(3)18(22)23/h4-12,19-20H,1-3H3,(H,22,23). The monoisotopic (exact) mass is 343 g/mol. The first-order chi connectivity index (χ1) is 11.3. The van der Waals surface area contributed by atoms with E-state index in [1.54, 1.807) is 23.8 Å². The van der Waals surface area contributed by atoms with Gasteiger partial charge in [-0.25, -0.2) is 0 Å². The largest absolute Gasteiger partial charge is 0.481 e. The van der Waals surface area contributed by atoms with Gasteiger partial charge in [-0.05, 0) is 36.8 Å². The SMILES string of the molecule is CC(C)C(=N)n1cc(Sc2ccc(C(C)C(=O)O)cc2)ccc1=N. The molecule has 126 valence electrons. The second-order valence-electron chi connectivity index (χ2n) is 5.89. The molecular weight excluding hydrogens is 322 g/mol. The van der Waals surface area contributed by atoms with Gasteiger partial charge in [0.15, 0.2) is 0 Å². The first-order valence-corrected chi connectivity index (χ1v) is 8.48. The minimum Gasteiger partial charge on any atom is -0.481 e. The zero-order chi connectivity index (χ0) is 17.9. The Hall–Kier alpha value is -2.34. The summed E-state index contributed by atoms with van der Waals surface area (Å²) in [5.74, 6) is -0.945. The third-order valence-corrected chi connectivity index (χ3v) is 4.70. The molecule has 0 fully saturated rings. The Labute approximate surface area is 145 Å². The van der Waals surface area contributed by atoms with E-state index in [4.69, 9.17) is 15.9 Å². The zero-order valence-corrected chi connectivity index (χ0v) is 14.7. The Morgan fingerprint density at radius 2 is 1.67 bits per heavy atom. The van der Waals surface area contributed by atoms with Crippen molar-refractivity contribution >= 4 is 23.6 Å². The van der Waals surface area contributed by atoms with Crippen LogP contribution in [-0.4, -0.2) is 21.5 Å². The molecule has 0 aliphatic heterocycles. The molecule has 0 aliphatic rings. The van der Waals surface area contributed by atoms with Gasteiger partial charge in [0.25, 0.3) is 0 Å². The Bertz CT molecular complexity index is 810. The molecule has 0 saturated heterocycles. The molecule has 1 heterocycles. The van der Waals surface area contributed by atoms with E-state index >= 15 is 0 Å². The van der Waals surface area contributed by atoms with E-state index in [2.05, 4.69) is 0 Å². The van der Waals surface area contributed by atoms with Crippen LogP contribution in [0.25, 0.3) is 0 Å². The molecule has 6 heteroatoms. The topological polar surface area (TPSA) is 89.9 Å². The van der Waals surface area contributed by atoms with E-state index in [9.17, 15) is 4.79 Å².